The summed E-state index contributed by atoms with van der Waals surface area (Å²) >= 11 is 0. The summed E-state index contributed by atoms with van der Waals surface area (Å²) in [4.78, 5) is 4.35. The summed E-state index contributed by atoms with van der Waals surface area (Å²) in [6.45, 7) is 6.24. The monoisotopic (exact) mass is 169 g/mol. The Bertz CT molecular complexity index is 175. The molecule has 0 aromatic heterocycles. The topological polar surface area (TPSA) is 50.4 Å². The lowest BCUT2D eigenvalue weighted by atomic mass is 9.94. The van der Waals surface area contributed by atoms with E-state index < -0.39 is 0 Å². The minimum atomic E-state index is 0.0251. The molecule has 0 radical (unpaired) electrons. The highest BCUT2D eigenvalue weighted by Crippen LogP contribution is 2.21. The highest BCUT2D eigenvalue weighted by Gasteiger charge is 2.17. The zero-order chi connectivity index (χ0) is 9.19. The summed E-state index contributed by atoms with van der Waals surface area (Å²) in [5, 5.41) is 3.15. The number of nitrogens with two attached hydrogens (primary N) is 1. The highest BCUT2D eigenvalue weighted by molar-refractivity contribution is 5.78. The van der Waals surface area contributed by atoms with Crippen LogP contribution in [0.3, 0.4) is 0 Å². The minimum Gasteiger partial charge on any atom is -0.370 e. The molecule has 12 heavy (non-hydrogen) atoms. The van der Waals surface area contributed by atoms with Crippen LogP contribution in [0.2, 0.25) is 0 Å². The molecule has 1 saturated carbocycles. The van der Waals surface area contributed by atoms with E-state index in [1.54, 1.807) is 0 Å². The van der Waals surface area contributed by atoms with E-state index in [1.165, 1.54) is 19.3 Å². The van der Waals surface area contributed by atoms with Gasteiger partial charge in [0, 0.05) is 5.54 Å². The van der Waals surface area contributed by atoms with Crippen LogP contribution in [-0.4, -0.2) is 17.5 Å². The first-order valence-electron chi connectivity index (χ1n) is 4.59. The maximum absolute atomic E-state index is 5.71. The van der Waals surface area contributed by atoms with Crippen LogP contribution in [0.25, 0.3) is 0 Å². The Morgan fingerprint density at radius 3 is 2.33 bits per heavy atom. The van der Waals surface area contributed by atoms with Gasteiger partial charge in [0.25, 0.3) is 0 Å². The minimum absolute atomic E-state index is 0.0251. The molecular weight excluding hydrogens is 150 g/mol. The van der Waals surface area contributed by atoms with E-state index in [9.17, 15) is 0 Å². The predicted molar refractivity (Wildman–Crippen MR) is 52.2 cm³/mol. The Labute approximate surface area is 74.4 Å². The van der Waals surface area contributed by atoms with Crippen LogP contribution in [0.15, 0.2) is 4.99 Å². The summed E-state index contributed by atoms with van der Waals surface area (Å²) in [6.07, 6.45) is 3.70. The van der Waals surface area contributed by atoms with Crippen LogP contribution >= 0.6 is 0 Å². The summed E-state index contributed by atoms with van der Waals surface area (Å²) in [6, 6.07) is 0.486. The Kier molecular flexibility index (Phi) is 2.60. The molecule has 0 atom stereocenters. The fourth-order valence-corrected chi connectivity index (χ4v) is 1.13. The first kappa shape index (κ1) is 9.36. The van der Waals surface area contributed by atoms with Crippen molar-refractivity contribution in [2.75, 3.05) is 0 Å². The van der Waals surface area contributed by atoms with Gasteiger partial charge >= 0.3 is 0 Å². The van der Waals surface area contributed by atoms with Crippen LogP contribution in [0.4, 0.5) is 0 Å². The fourth-order valence-electron chi connectivity index (χ4n) is 1.13. The third-order valence-corrected chi connectivity index (χ3v) is 1.90. The number of nitrogens with one attached hydrogen (secondary N) is 1. The van der Waals surface area contributed by atoms with Crippen molar-refractivity contribution >= 4 is 5.96 Å². The van der Waals surface area contributed by atoms with Gasteiger partial charge in [-0.05, 0) is 40.0 Å². The van der Waals surface area contributed by atoms with Gasteiger partial charge in [0.2, 0.25) is 0 Å². The van der Waals surface area contributed by atoms with E-state index in [4.69, 9.17) is 5.73 Å². The van der Waals surface area contributed by atoms with E-state index in [2.05, 4.69) is 31.1 Å². The van der Waals surface area contributed by atoms with Gasteiger partial charge in [0.05, 0.1) is 6.04 Å². The van der Waals surface area contributed by atoms with E-state index in [-0.39, 0.29) is 5.54 Å². The normalized spacial score (nSPS) is 20.4. The molecule has 0 aromatic carbocycles. The molecule has 0 saturated heterocycles. The van der Waals surface area contributed by atoms with Gasteiger partial charge in [-0.25, -0.2) is 0 Å². The molecule has 0 amide bonds. The molecule has 1 aliphatic rings. The van der Waals surface area contributed by atoms with Gasteiger partial charge in [0.15, 0.2) is 5.96 Å². The Hall–Kier alpha value is -0.730. The maximum Gasteiger partial charge on any atom is 0.189 e. The summed E-state index contributed by atoms with van der Waals surface area (Å²) < 4.78 is 0. The third kappa shape index (κ3) is 3.11. The Morgan fingerprint density at radius 1 is 1.42 bits per heavy atom. The average molecular weight is 169 g/mol. The molecule has 0 aromatic rings. The molecule has 3 N–H and O–H groups in total. The van der Waals surface area contributed by atoms with Crippen molar-refractivity contribution in [3.63, 3.8) is 0 Å². The van der Waals surface area contributed by atoms with Gasteiger partial charge in [-0.3, -0.25) is 4.99 Å². The van der Waals surface area contributed by atoms with Crippen molar-refractivity contribution in [3.05, 3.63) is 0 Å². The zero-order valence-electron chi connectivity index (χ0n) is 8.22. The summed E-state index contributed by atoms with van der Waals surface area (Å²) in [7, 11) is 0. The summed E-state index contributed by atoms with van der Waals surface area (Å²) in [5.74, 6) is 0.590. The molecule has 1 rings (SSSR count). The summed E-state index contributed by atoms with van der Waals surface area (Å²) in [5.41, 5.74) is 5.73. The second-order valence-corrected chi connectivity index (χ2v) is 4.47. The zero-order valence-corrected chi connectivity index (χ0v) is 8.22. The van der Waals surface area contributed by atoms with E-state index in [1.807, 2.05) is 0 Å². The van der Waals surface area contributed by atoms with Crippen molar-refractivity contribution in [1.82, 2.24) is 5.32 Å². The molecule has 1 aliphatic carbocycles. The molecule has 0 bridgehead atoms. The van der Waals surface area contributed by atoms with Crippen LogP contribution in [0.1, 0.15) is 40.0 Å². The molecule has 0 heterocycles. The fraction of sp³-hybridized carbons (Fsp3) is 0.889. The second-order valence-electron chi connectivity index (χ2n) is 4.47. The number of nitrogens with zero attached hydrogens (tertiary/aromatic N) is 1. The Morgan fingerprint density at radius 2 is 2.00 bits per heavy atom. The van der Waals surface area contributed by atoms with Crippen molar-refractivity contribution < 1.29 is 0 Å². The number of guanidine groups is 1. The number of hydrogen-bond donors (Lipinski definition) is 2. The SMILES string of the molecule is CC(C)(C)NC(N)=NC1CCC1. The quantitative estimate of drug-likeness (QED) is 0.458. The van der Waals surface area contributed by atoms with E-state index in [0.29, 0.717) is 12.0 Å². The molecular formula is C9H19N3. The van der Waals surface area contributed by atoms with Crippen LogP contribution in [0.5, 0.6) is 0 Å². The Balaban J connectivity index is 2.35. The van der Waals surface area contributed by atoms with Gasteiger partial charge in [-0.1, -0.05) is 0 Å². The highest BCUT2D eigenvalue weighted by atomic mass is 15.1. The van der Waals surface area contributed by atoms with Crippen LogP contribution in [0, 0.1) is 0 Å². The van der Waals surface area contributed by atoms with Crippen LogP contribution < -0.4 is 11.1 Å². The number of hydrogen-bond acceptors (Lipinski definition) is 1. The van der Waals surface area contributed by atoms with Gasteiger partial charge in [-0.15, -0.1) is 0 Å². The van der Waals surface area contributed by atoms with Crippen molar-refractivity contribution in [3.8, 4) is 0 Å². The van der Waals surface area contributed by atoms with Gasteiger partial charge < -0.3 is 11.1 Å². The molecule has 0 aliphatic heterocycles. The molecule has 0 unspecified atom stereocenters. The lowest BCUT2D eigenvalue weighted by molar-refractivity contribution is 0.415. The van der Waals surface area contributed by atoms with Crippen molar-refractivity contribution in [2.24, 2.45) is 10.7 Å². The standard InChI is InChI=1S/C9H19N3/c1-9(2,3)12-8(10)11-7-5-4-6-7/h7H,4-6H2,1-3H3,(H3,10,11,12). The maximum atomic E-state index is 5.71. The molecule has 3 nitrogen and oxygen atoms in total. The lowest BCUT2D eigenvalue weighted by Crippen LogP contribution is -2.45. The van der Waals surface area contributed by atoms with Gasteiger partial charge in [0.1, 0.15) is 0 Å². The average Bonchev–Trinajstić information content (AvgIpc) is 1.74. The van der Waals surface area contributed by atoms with Crippen molar-refractivity contribution in [2.45, 2.75) is 51.6 Å². The molecule has 0 spiro atoms. The third-order valence-electron chi connectivity index (χ3n) is 1.90. The van der Waals surface area contributed by atoms with E-state index in [0.717, 1.165) is 0 Å². The van der Waals surface area contributed by atoms with Gasteiger partial charge in [-0.2, -0.15) is 0 Å². The molecule has 3 heteroatoms. The van der Waals surface area contributed by atoms with Crippen molar-refractivity contribution in [1.29, 1.82) is 0 Å². The second kappa shape index (κ2) is 3.33. The number of rotatable bonds is 1. The predicted octanol–water partition coefficient (Wildman–Crippen LogP) is 1.24. The number of aliphatic imine (C=N–C) groups is 1. The smallest absolute Gasteiger partial charge is 0.189 e. The largest absolute Gasteiger partial charge is 0.370 e. The lowest BCUT2D eigenvalue weighted by Gasteiger charge is -2.25. The van der Waals surface area contributed by atoms with E-state index >= 15 is 0 Å². The molecule has 1 fully saturated rings. The molecule has 70 valence electrons. The first-order valence-corrected chi connectivity index (χ1v) is 4.59. The van der Waals surface area contributed by atoms with Crippen LogP contribution in [-0.2, 0) is 0 Å². The first-order chi connectivity index (χ1) is 5.47.